The van der Waals surface area contributed by atoms with Crippen molar-refractivity contribution in [2.24, 2.45) is 5.92 Å². The number of hydrogen-bond acceptors (Lipinski definition) is 8. The number of ether oxygens (including phenoxy) is 5. The van der Waals surface area contributed by atoms with E-state index in [0.717, 1.165) is 0 Å². The third-order valence-electron chi connectivity index (χ3n) is 4.18. The molecule has 0 bridgehead atoms. The summed E-state index contributed by atoms with van der Waals surface area (Å²) in [6.45, 7) is 5.28. The summed E-state index contributed by atoms with van der Waals surface area (Å²) in [4.78, 5) is 34.4. The Kier molecular flexibility index (Phi) is 8.13. The van der Waals surface area contributed by atoms with Crippen molar-refractivity contribution in [1.29, 1.82) is 0 Å². The van der Waals surface area contributed by atoms with Gasteiger partial charge in [0.2, 0.25) is 6.29 Å². The first kappa shape index (κ1) is 23.3. The van der Waals surface area contributed by atoms with Gasteiger partial charge in [-0.1, -0.05) is 30.1 Å². The standard InChI is InChI=1S/C19H22Cl2O8/c1-9-17(26-11(3)23)16(8-25-10(2)22)29-19(18(9)27-12(4)24)28-13-5-6-14(20)15(21)7-13/h5-7,9,16-19H,8H2,1-4H3/t9?,16?,17-,18?,19+/m1/s1. The molecule has 8 nitrogen and oxygen atoms in total. The highest BCUT2D eigenvalue weighted by Gasteiger charge is 2.49. The second-order valence-electron chi connectivity index (χ2n) is 6.55. The third-order valence-corrected chi connectivity index (χ3v) is 4.92. The molecule has 10 heteroatoms. The van der Waals surface area contributed by atoms with Crippen molar-refractivity contribution < 1.29 is 38.1 Å². The van der Waals surface area contributed by atoms with Crippen molar-refractivity contribution >= 4 is 41.1 Å². The molecule has 1 aromatic rings. The van der Waals surface area contributed by atoms with Gasteiger partial charge < -0.3 is 23.7 Å². The van der Waals surface area contributed by atoms with Gasteiger partial charge in [-0.2, -0.15) is 0 Å². The van der Waals surface area contributed by atoms with Crippen LogP contribution in [-0.2, 0) is 33.3 Å². The van der Waals surface area contributed by atoms with E-state index in [4.69, 9.17) is 46.9 Å². The van der Waals surface area contributed by atoms with Crippen LogP contribution in [0.25, 0.3) is 0 Å². The van der Waals surface area contributed by atoms with Gasteiger partial charge in [-0.3, -0.25) is 14.4 Å². The lowest BCUT2D eigenvalue weighted by atomic mass is 9.90. The van der Waals surface area contributed by atoms with Crippen molar-refractivity contribution in [2.45, 2.75) is 52.3 Å². The van der Waals surface area contributed by atoms with E-state index in [2.05, 4.69) is 0 Å². The molecule has 1 heterocycles. The van der Waals surface area contributed by atoms with Crippen molar-refractivity contribution in [3.63, 3.8) is 0 Å². The average molecular weight is 449 g/mol. The highest BCUT2D eigenvalue weighted by molar-refractivity contribution is 6.42. The van der Waals surface area contributed by atoms with Gasteiger partial charge >= 0.3 is 17.9 Å². The monoisotopic (exact) mass is 448 g/mol. The molecule has 0 aliphatic carbocycles. The lowest BCUT2D eigenvalue weighted by Gasteiger charge is -2.43. The van der Waals surface area contributed by atoms with Gasteiger partial charge in [0.05, 0.1) is 10.0 Å². The second kappa shape index (κ2) is 10.1. The zero-order chi connectivity index (χ0) is 21.7. The molecule has 0 amide bonds. The minimum Gasteiger partial charge on any atom is -0.463 e. The van der Waals surface area contributed by atoms with Crippen LogP contribution >= 0.6 is 23.2 Å². The van der Waals surface area contributed by atoms with Gasteiger partial charge in [-0.25, -0.2) is 0 Å². The maximum Gasteiger partial charge on any atom is 0.303 e. The van der Waals surface area contributed by atoms with E-state index in [1.165, 1.54) is 26.8 Å². The first-order valence-corrected chi connectivity index (χ1v) is 9.59. The summed E-state index contributed by atoms with van der Waals surface area (Å²) >= 11 is 11.9. The molecule has 0 aromatic heterocycles. The Morgan fingerprint density at radius 1 is 0.966 bits per heavy atom. The maximum absolute atomic E-state index is 11.6. The van der Waals surface area contributed by atoms with Gasteiger partial charge in [0.15, 0.2) is 6.10 Å². The molecule has 1 aliphatic heterocycles. The third kappa shape index (κ3) is 6.48. The fourth-order valence-electron chi connectivity index (χ4n) is 2.94. The normalized spacial score (nSPS) is 26.3. The predicted octanol–water partition coefficient (Wildman–Crippen LogP) is 3.16. The molecule has 1 fully saturated rings. The highest BCUT2D eigenvalue weighted by atomic mass is 35.5. The van der Waals surface area contributed by atoms with Crippen LogP contribution in [0.2, 0.25) is 10.0 Å². The SMILES string of the molecule is CC(=O)OCC1O[C@H](Oc2ccc(Cl)c(Cl)c2)C(OC(C)=O)C(C)[C@H]1OC(C)=O. The molecule has 0 N–H and O–H groups in total. The zero-order valence-electron chi connectivity index (χ0n) is 16.3. The van der Waals surface area contributed by atoms with Crippen molar-refractivity contribution in [2.75, 3.05) is 6.61 Å². The predicted molar refractivity (Wildman–Crippen MR) is 103 cm³/mol. The van der Waals surface area contributed by atoms with Gasteiger partial charge in [-0.15, -0.1) is 0 Å². The molecule has 0 radical (unpaired) electrons. The Labute approximate surface area is 178 Å². The Bertz CT molecular complexity index is 767. The molecule has 3 unspecified atom stereocenters. The molecule has 0 spiro atoms. The quantitative estimate of drug-likeness (QED) is 0.483. The van der Waals surface area contributed by atoms with E-state index in [0.29, 0.717) is 10.8 Å². The van der Waals surface area contributed by atoms with E-state index in [1.54, 1.807) is 19.1 Å². The molecule has 29 heavy (non-hydrogen) atoms. The lowest BCUT2D eigenvalue weighted by Crippen LogP contribution is -2.58. The van der Waals surface area contributed by atoms with E-state index >= 15 is 0 Å². The maximum atomic E-state index is 11.6. The molecule has 5 atom stereocenters. The van der Waals surface area contributed by atoms with Crippen LogP contribution in [0.1, 0.15) is 27.7 Å². The Morgan fingerprint density at radius 3 is 2.14 bits per heavy atom. The second-order valence-corrected chi connectivity index (χ2v) is 7.36. The van der Waals surface area contributed by atoms with E-state index in [1.807, 2.05) is 0 Å². The number of benzene rings is 1. The van der Waals surface area contributed by atoms with Crippen LogP contribution in [0.4, 0.5) is 0 Å². The number of hydrogen-bond donors (Lipinski definition) is 0. The fourth-order valence-corrected chi connectivity index (χ4v) is 3.23. The summed E-state index contributed by atoms with van der Waals surface area (Å²) in [5.41, 5.74) is 0. The summed E-state index contributed by atoms with van der Waals surface area (Å²) in [5.74, 6) is -1.83. The van der Waals surface area contributed by atoms with Crippen LogP contribution < -0.4 is 4.74 Å². The van der Waals surface area contributed by atoms with Crippen LogP contribution in [0, 0.1) is 5.92 Å². The summed E-state index contributed by atoms with van der Waals surface area (Å²) in [5, 5.41) is 0.613. The Morgan fingerprint density at radius 2 is 1.59 bits per heavy atom. The van der Waals surface area contributed by atoms with Gasteiger partial charge in [0.1, 0.15) is 24.6 Å². The first-order chi connectivity index (χ1) is 13.6. The molecule has 0 saturated carbocycles. The average Bonchev–Trinajstić information content (AvgIpc) is 2.61. The molecule has 160 valence electrons. The van der Waals surface area contributed by atoms with Crippen molar-refractivity contribution in [3.05, 3.63) is 28.2 Å². The minimum absolute atomic E-state index is 0.175. The lowest BCUT2D eigenvalue weighted by molar-refractivity contribution is -0.271. The van der Waals surface area contributed by atoms with E-state index in [-0.39, 0.29) is 11.6 Å². The molecule has 1 aliphatic rings. The van der Waals surface area contributed by atoms with E-state index in [9.17, 15) is 14.4 Å². The zero-order valence-corrected chi connectivity index (χ0v) is 17.9. The molecule has 2 rings (SSSR count). The van der Waals surface area contributed by atoms with Gasteiger partial charge in [-0.05, 0) is 12.1 Å². The summed E-state index contributed by atoms with van der Waals surface area (Å²) < 4.78 is 27.5. The van der Waals surface area contributed by atoms with Crippen molar-refractivity contribution in [3.8, 4) is 5.75 Å². The molecule has 1 aromatic carbocycles. The summed E-state index contributed by atoms with van der Waals surface area (Å²) in [6.07, 6.45) is -3.64. The number of halogens is 2. The number of carbonyl (C=O) groups excluding carboxylic acids is 3. The summed E-state index contributed by atoms with van der Waals surface area (Å²) in [7, 11) is 0. The Balaban J connectivity index is 2.31. The number of esters is 3. The van der Waals surface area contributed by atoms with Crippen LogP contribution in [0.15, 0.2) is 18.2 Å². The van der Waals surface area contributed by atoms with Crippen LogP contribution in [0.3, 0.4) is 0 Å². The highest BCUT2D eigenvalue weighted by Crippen LogP contribution is 2.34. The van der Waals surface area contributed by atoms with Crippen molar-refractivity contribution in [1.82, 2.24) is 0 Å². The Hall–Kier alpha value is -2.03. The van der Waals surface area contributed by atoms with Gasteiger partial charge in [0.25, 0.3) is 0 Å². The largest absolute Gasteiger partial charge is 0.463 e. The topological polar surface area (TPSA) is 97.4 Å². The fraction of sp³-hybridized carbons (Fsp3) is 0.526. The molecular formula is C19H22Cl2O8. The summed E-state index contributed by atoms with van der Waals surface area (Å²) in [6, 6.07) is 4.61. The minimum atomic E-state index is -1.07. The van der Waals surface area contributed by atoms with Crippen LogP contribution in [-0.4, -0.2) is 49.1 Å². The van der Waals surface area contributed by atoms with Crippen LogP contribution in [0.5, 0.6) is 5.75 Å². The first-order valence-electron chi connectivity index (χ1n) is 8.83. The molecular weight excluding hydrogens is 427 g/mol. The number of rotatable bonds is 6. The molecule has 1 saturated heterocycles. The smallest absolute Gasteiger partial charge is 0.303 e. The van der Waals surface area contributed by atoms with Gasteiger partial charge in [0, 0.05) is 32.8 Å². The number of carbonyl (C=O) groups is 3. The van der Waals surface area contributed by atoms with E-state index < -0.39 is 48.4 Å².